The molecule has 1 aliphatic rings. The fourth-order valence-electron chi connectivity index (χ4n) is 1.38. The molecule has 0 atom stereocenters. The van der Waals surface area contributed by atoms with Crippen LogP contribution in [0.4, 0.5) is 9.52 Å². The van der Waals surface area contributed by atoms with Crippen molar-refractivity contribution in [3.05, 3.63) is 23.0 Å². The topological polar surface area (TPSA) is 36.4 Å². The van der Waals surface area contributed by atoms with E-state index in [0.29, 0.717) is 6.54 Å². The highest BCUT2D eigenvalue weighted by atomic mass is 32.1. The Bertz CT molecular complexity index is 350. The van der Waals surface area contributed by atoms with Crippen molar-refractivity contribution in [2.75, 3.05) is 18.0 Å². The van der Waals surface area contributed by atoms with E-state index >= 15 is 0 Å². The van der Waals surface area contributed by atoms with Gasteiger partial charge in [-0.1, -0.05) is 11.3 Å². The second-order valence-corrected chi connectivity index (χ2v) is 4.22. The second kappa shape index (κ2) is 4.06. The van der Waals surface area contributed by atoms with E-state index in [1.54, 1.807) is 12.3 Å². The summed E-state index contributed by atoms with van der Waals surface area (Å²) in [5.41, 5.74) is 0. The van der Waals surface area contributed by atoms with Crippen LogP contribution < -0.4 is 4.90 Å². The van der Waals surface area contributed by atoms with E-state index in [2.05, 4.69) is 4.98 Å². The van der Waals surface area contributed by atoms with Gasteiger partial charge in [0.05, 0.1) is 18.0 Å². The molecular formula is C9H11FN2OS. The molecule has 0 fully saturated rings. The number of anilines is 1. The van der Waals surface area contributed by atoms with Gasteiger partial charge in [0.25, 0.3) is 0 Å². The zero-order valence-corrected chi connectivity index (χ0v) is 8.43. The van der Waals surface area contributed by atoms with Crippen LogP contribution in [-0.4, -0.2) is 23.2 Å². The molecule has 1 aliphatic heterocycles. The molecule has 3 nitrogen and oxygen atoms in total. The lowest BCUT2D eigenvalue weighted by molar-refractivity contribution is 0.285. The minimum absolute atomic E-state index is 0.00380. The standard InChI is InChI=1S/C9H11FN2OS/c10-7-2-1-3-12(5-7)9-11-4-8(6-13)14-9/h2,4,13H,1,3,5-6H2. The quantitative estimate of drug-likeness (QED) is 0.814. The van der Waals surface area contributed by atoms with Crippen LogP contribution in [0.15, 0.2) is 18.1 Å². The molecule has 5 heteroatoms. The van der Waals surface area contributed by atoms with Gasteiger partial charge < -0.3 is 10.0 Å². The summed E-state index contributed by atoms with van der Waals surface area (Å²) in [5.74, 6) is -0.100. The van der Waals surface area contributed by atoms with E-state index in [0.717, 1.165) is 23.0 Å². The lowest BCUT2D eigenvalue weighted by Gasteiger charge is -2.23. The number of aliphatic hydroxyl groups excluding tert-OH is 1. The molecule has 0 aliphatic carbocycles. The number of aliphatic hydroxyl groups is 1. The molecule has 0 radical (unpaired) electrons. The monoisotopic (exact) mass is 214 g/mol. The number of nitrogens with zero attached hydrogens (tertiary/aromatic N) is 2. The molecule has 0 saturated carbocycles. The first-order valence-electron chi connectivity index (χ1n) is 4.44. The lowest BCUT2D eigenvalue weighted by atomic mass is 10.2. The Kier molecular flexibility index (Phi) is 2.79. The van der Waals surface area contributed by atoms with Crippen molar-refractivity contribution in [3.63, 3.8) is 0 Å². The number of hydrogen-bond donors (Lipinski definition) is 1. The predicted molar refractivity (Wildman–Crippen MR) is 54.1 cm³/mol. The van der Waals surface area contributed by atoms with Gasteiger partial charge in [0.2, 0.25) is 0 Å². The molecule has 1 aromatic rings. The van der Waals surface area contributed by atoms with Gasteiger partial charge in [-0.2, -0.15) is 0 Å². The SMILES string of the molecule is OCc1cnc(N2CCC=C(F)C2)s1. The first-order chi connectivity index (χ1) is 6.79. The molecule has 14 heavy (non-hydrogen) atoms. The maximum Gasteiger partial charge on any atom is 0.185 e. The van der Waals surface area contributed by atoms with Crippen LogP contribution >= 0.6 is 11.3 Å². The minimum Gasteiger partial charge on any atom is -0.391 e. The summed E-state index contributed by atoms with van der Waals surface area (Å²) >= 11 is 1.41. The van der Waals surface area contributed by atoms with E-state index in [1.807, 2.05) is 4.90 Å². The fourth-order valence-corrected chi connectivity index (χ4v) is 2.18. The molecule has 0 amide bonds. The zero-order chi connectivity index (χ0) is 9.97. The van der Waals surface area contributed by atoms with Crippen LogP contribution in [0.25, 0.3) is 0 Å². The molecule has 0 spiro atoms. The molecule has 1 aromatic heterocycles. The first kappa shape index (κ1) is 9.61. The molecule has 0 aromatic carbocycles. The van der Waals surface area contributed by atoms with E-state index < -0.39 is 0 Å². The highest BCUT2D eigenvalue weighted by Crippen LogP contribution is 2.25. The van der Waals surface area contributed by atoms with E-state index in [-0.39, 0.29) is 12.4 Å². The van der Waals surface area contributed by atoms with Crippen LogP contribution in [-0.2, 0) is 6.61 Å². The highest BCUT2D eigenvalue weighted by molar-refractivity contribution is 7.15. The molecule has 2 rings (SSSR count). The van der Waals surface area contributed by atoms with Crippen molar-refractivity contribution in [2.24, 2.45) is 0 Å². The largest absolute Gasteiger partial charge is 0.391 e. The van der Waals surface area contributed by atoms with E-state index in [4.69, 9.17) is 5.11 Å². The third-order valence-corrected chi connectivity index (χ3v) is 3.12. The van der Waals surface area contributed by atoms with Crippen molar-refractivity contribution in [1.29, 1.82) is 0 Å². The van der Waals surface area contributed by atoms with Gasteiger partial charge in [0.1, 0.15) is 5.83 Å². The van der Waals surface area contributed by atoms with Crippen LogP contribution in [0.5, 0.6) is 0 Å². The fraction of sp³-hybridized carbons (Fsp3) is 0.444. The number of aromatic nitrogens is 1. The summed E-state index contributed by atoms with van der Waals surface area (Å²) in [6.07, 6.45) is 3.97. The Morgan fingerprint density at radius 2 is 2.50 bits per heavy atom. The molecular weight excluding hydrogens is 203 g/mol. The van der Waals surface area contributed by atoms with E-state index in [1.165, 1.54) is 11.3 Å². The third-order valence-electron chi connectivity index (χ3n) is 2.07. The van der Waals surface area contributed by atoms with Gasteiger partial charge in [0, 0.05) is 12.7 Å². The number of hydrogen-bond acceptors (Lipinski definition) is 4. The average Bonchev–Trinajstić information content (AvgIpc) is 2.66. The van der Waals surface area contributed by atoms with Crippen LogP contribution in [0.2, 0.25) is 0 Å². The van der Waals surface area contributed by atoms with Crippen molar-refractivity contribution in [1.82, 2.24) is 4.98 Å². The summed E-state index contributed by atoms with van der Waals surface area (Å²) in [6, 6.07) is 0. The van der Waals surface area contributed by atoms with Crippen LogP contribution in [0, 0.1) is 0 Å². The Labute approximate surface area is 85.5 Å². The third kappa shape index (κ3) is 1.93. The van der Waals surface area contributed by atoms with Gasteiger partial charge in [-0.3, -0.25) is 0 Å². The predicted octanol–water partition coefficient (Wildman–Crippen LogP) is 1.70. The van der Waals surface area contributed by atoms with Crippen molar-refractivity contribution in [2.45, 2.75) is 13.0 Å². The zero-order valence-electron chi connectivity index (χ0n) is 7.61. The van der Waals surface area contributed by atoms with Gasteiger partial charge in [0.15, 0.2) is 5.13 Å². The maximum absolute atomic E-state index is 13.0. The Morgan fingerprint density at radius 1 is 1.64 bits per heavy atom. The van der Waals surface area contributed by atoms with Crippen LogP contribution in [0.3, 0.4) is 0 Å². The number of rotatable bonds is 2. The smallest absolute Gasteiger partial charge is 0.185 e. The van der Waals surface area contributed by atoms with Gasteiger partial charge in [-0.05, 0) is 12.5 Å². The minimum atomic E-state index is -0.100. The van der Waals surface area contributed by atoms with Crippen molar-refractivity contribution in [3.8, 4) is 0 Å². The van der Waals surface area contributed by atoms with E-state index in [9.17, 15) is 4.39 Å². The summed E-state index contributed by atoms with van der Waals surface area (Å²) in [5, 5.41) is 9.66. The summed E-state index contributed by atoms with van der Waals surface area (Å²) in [6.45, 7) is 1.11. The molecule has 0 bridgehead atoms. The van der Waals surface area contributed by atoms with Gasteiger partial charge in [-0.25, -0.2) is 9.37 Å². The first-order valence-corrected chi connectivity index (χ1v) is 5.26. The van der Waals surface area contributed by atoms with Crippen molar-refractivity contribution >= 4 is 16.5 Å². The number of thiazole rings is 1. The van der Waals surface area contributed by atoms with Gasteiger partial charge in [-0.15, -0.1) is 0 Å². The molecule has 0 unspecified atom stereocenters. The lowest BCUT2D eigenvalue weighted by Crippen LogP contribution is -2.28. The van der Waals surface area contributed by atoms with Crippen molar-refractivity contribution < 1.29 is 9.50 Å². The summed E-state index contributed by atoms with van der Waals surface area (Å²) in [4.78, 5) is 6.84. The highest BCUT2D eigenvalue weighted by Gasteiger charge is 2.15. The Balaban J connectivity index is 2.11. The normalized spacial score (nSPS) is 17.0. The number of halogens is 1. The summed E-state index contributed by atoms with van der Waals surface area (Å²) in [7, 11) is 0. The van der Waals surface area contributed by atoms with Gasteiger partial charge >= 0.3 is 0 Å². The molecule has 2 heterocycles. The van der Waals surface area contributed by atoms with Crippen LogP contribution in [0.1, 0.15) is 11.3 Å². The Morgan fingerprint density at radius 3 is 3.14 bits per heavy atom. The molecule has 0 saturated heterocycles. The molecule has 76 valence electrons. The summed E-state index contributed by atoms with van der Waals surface area (Å²) < 4.78 is 13.0. The maximum atomic E-state index is 13.0. The second-order valence-electron chi connectivity index (χ2n) is 3.13. The average molecular weight is 214 g/mol. The Hall–Kier alpha value is -0.940. The molecule has 1 N–H and O–H groups in total.